The van der Waals surface area contributed by atoms with Crippen molar-refractivity contribution >= 4 is 29.4 Å². The molecule has 0 aliphatic heterocycles. The molecule has 0 bridgehead atoms. The van der Waals surface area contributed by atoms with Gasteiger partial charge in [-0.3, -0.25) is 19.2 Å². The van der Waals surface area contributed by atoms with Gasteiger partial charge in [0, 0.05) is 36.6 Å². The standard InChI is InChI=1S/C32H43N3O9/c1-30-10-8-20(36)12-18(30)4-5-21-22-9-11-32(42,31(22,2)14-24(37)28(21)30)25(38)16-44-27(40)7-6-26(39)35-23(29(41)43-3)13-19-15-33-17-34-19/h12,15,17,21-24,28,37,42H,4-11,13-14,16H2,1-3H3,(H,33,34)(H,35,39)/t21-,22+,23-,24-,28-,30-,31-,32-/m0/s1. The Morgan fingerprint density at radius 2 is 1.93 bits per heavy atom. The van der Waals surface area contributed by atoms with E-state index >= 15 is 0 Å². The van der Waals surface area contributed by atoms with Gasteiger partial charge in [-0.05, 0) is 67.8 Å². The SMILES string of the molecule is COC(=O)[C@H](Cc1cnc[nH]1)NC(=O)CCC(=O)OCC(=O)[C@@]1(O)CC[C@@H]2[C@@H]3CCC4=CC(=O)CC[C@]4(C)[C@@H]3[C@@H](O)C[C@@]21C. The van der Waals surface area contributed by atoms with Crippen molar-refractivity contribution in [1.82, 2.24) is 15.3 Å². The third-order valence-electron chi connectivity index (χ3n) is 11.2. The van der Waals surface area contributed by atoms with E-state index in [2.05, 4.69) is 22.2 Å². The lowest BCUT2D eigenvalue weighted by atomic mass is 9.45. The molecule has 240 valence electrons. The highest BCUT2D eigenvalue weighted by Crippen LogP contribution is 2.67. The predicted molar refractivity (Wildman–Crippen MR) is 154 cm³/mol. The normalized spacial score (nSPS) is 34.9. The number of allylic oxidation sites excluding steroid dienone is 1. The van der Waals surface area contributed by atoms with Crippen LogP contribution in [-0.2, 0) is 39.9 Å². The van der Waals surface area contributed by atoms with E-state index in [1.165, 1.54) is 19.6 Å². The van der Waals surface area contributed by atoms with Crippen LogP contribution in [0, 0.1) is 28.6 Å². The number of rotatable bonds is 10. The fourth-order valence-electron chi connectivity index (χ4n) is 8.92. The lowest BCUT2D eigenvalue weighted by Crippen LogP contribution is -2.62. The molecule has 0 radical (unpaired) electrons. The molecule has 4 aliphatic carbocycles. The van der Waals surface area contributed by atoms with Crippen LogP contribution in [0.4, 0.5) is 0 Å². The molecule has 44 heavy (non-hydrogen) atoms. The van der Waals surface area contributed by atoms with Gasteiger partial charge in [0.25, 0.3) is 0 Å². The summed E-state index contributed by atoms with van der Waals surface area (Å²) in [6.45, 7) is 3.38. The molecule has 12 heteroatoms. The molecule has 1 aromatic rings. The summed E-state index contributed by atoms with van der Waals surface area (Å²) in [6.07, 6.45) is 7.31. The van der Waals surface area contributed by atoms with Gasteiger partial charge >= 0.3 is 11.9 Å². The van der Waals surface area contributed by atoms with Crippen LogP contribution in [0.25, 0.3) is 0 Å². The number of aliphatic hydroxyl groups excluding tert-OH is 1. The Morgan fingerprint density at radius 1 is 1.16 bits per heavy atom. The van der Waals surface area contributed by atoms with Gasteiger partial charge in [-0.15, -0.1) is 0 Å². The van der Waals surface area contributed by atoms with E-state index in [4.69, 9.17) is 9.47 Å². The van der Waals surface area contributed by atoms with Gasteiger partial charge in [-0.2, -0.15) is 0 Å². The number of esters is 2. The summed E-state index contributed by atoms with van der Waals surface area (Å²) in [4.78, 5) is 69.4. The molecular weight excluding hydrogens is 570 g/mol. The number of imidazole rings is 1. The Balaban J connectivity index is 1.16. The van der Waals surface area contributed by atoms with Crippen LogP contribution in [0.15, 0.2) is 24.2 Å². The zero-order chi connectivity index (χ0) is 31.9. The first-order valence-corrected chi connectivity index (χ1v) is 15.5. The van der Waals surface area contributed by atoms with Gasteiger partial charge in [-0.1, -0.05) is 19.4 Å². The van der Waals surface area contributed by atoms with Crippen LogP contribution < -0.4 is 5.32 Å². The molecule has 3 fully saturated rings. The Morgan fingerprint density at radius 3 is 2.64 bits per heavy atom. The van der Waals surface area contributed by atoms with E-state index in [0.29, 0.717) is 25.0 Å². The van der Waals surface area contributed by atoms with Gasteiger partial charge in [0.05, 0.1) is 26.0 Å². The molecule has 1 aromatic heterocycles. The summed E-state index contributed by atoms with van der Waals surface area (Å²) < 4.78 is 9.96. The topological polar surface area (TPSA) is 185 Å². The minimum atomic E-state index is -1.76. The number of aromatic amines is 1. The monoisotopic (exact) mass is 613 g/mol. The fraction of sp³-hybridized carbons (Fsp3) is 0.688. The zero-order valence-electron chi connectivity index (χ0n) is 25.6. The van der Waals surface area contributed by atoms with Crippen molar-refractivity contribution in [3.63, 3.8) is 0 Å². The van der Waals surface area contributed by atoms with Crippen molar-refractivity contribution < 1.29 is 43.7 Å². The minimum absolute atomic E-state index is 0.00441. The van der Waals surface area contributed by atoms with Crippen LogP contribution in [0.1, 0.15) is 77.3 Å². The molecule has 3 saturated carbocycles. The highest BCUT2D eigenvalue weighted by Gasteiger charge is 2.68. The number of nitrogens with one attached hydrogen (secondary N) is 2. The number of Topliss-reactive ketones (excluding diaryl/α,β-unsaturated/α-hetero) is 1. The molecule has 0 aromatic carbocycles. The number of hydrogen-bond donors (Lipinski definition) is 4. The summed E-state index contributed by atoms with van der Waals surface area (Å²) in [5.74, 6) is -2.41. The summed E-state index contributed by atoms with van der Waals surface area (Å²) in [6, 6.07) is -0.976. The Kier molecular flexibility index (Phi) is 8.87. The molecule has 8 atom stereocenters. The molecule has 1 heterocycles. The largest absolute Gasteiger partial charge is 0.467 e. The third kappa shape index (κ3) is 5.62. The number of amides is 1. The lowest BCUT2D eigenvalue weighted by molar-refractivity contribution is -0.184. The predicted octanol–water partition coefficient (Wildman–Crippen LogP) is 1.74. The number of methoxy groups -OCH3 is 1. The molecule has 1 amide bonds. The smallest absolute Gasteiger partial charge is 0.328 e. The van der Waals surface area contributed by atoms with E-state index in [-0.39, 0.29) is 61.1 Å². The van der Waals surface area contributed by atoms with Crippen LogP contribution in [0.5, 0.6) is 0 Å². The molecule has 4 N–H and O–H groups in total. The van der Waals surface area contributed by atoms with Crippen molar-refractivity contribution in [1.29, 1.82) is 0 Å². The van der Waals surface area contributed by atoms with Gasteiger partial charge in [-0.25, -0.2) is 9.78 Å². The van der Waals surface area contributed by atoms with Gasteiger partial charge in [0.15, 0.2) is 12.4 Å². The quantitative estimate of drug-likeness (QED) is 0.283. The second-order valence-electron chi connectivity index (χ2n) is 13.5. The molecule has 0 saturated heterocycles. The summed E-state index contributed by atoms with van der Waals surface area (Å²) in [7, 11) is 1.21. The molecule has 5 rings (SSSR count). The highest BCUT2D eigenvalue weighted by molar-refractivity contribution is 5.92. The maximum atomic E-state index is 13.5. The van der Waals surface area contributed by atoms with E-state index in [0.717, 1.165) is 18.4 Å². The second-order valence-corrected chi connectivity index (χ2v) is 13.5. The Bertz CT molecular complexity index is 1340. The molecule has 0 spiro atoms. The van der Waals surface area contributed by atoms with Crippen molar-refractivity contribution in [2.75, 3.05) is 13.7 Å². The van der Waals surface area contributed by atoms with Gasteiger partial charge < -0.3 is 30.0 Å². The number of fused-ring (bicyclic) bond motifs is 5. The third-order valence-corrected chi connectivity index (χ3v) is 11.2. The van der Waals surface area contributed by atoms with Crippen molar-refractivity contribution in [2.45, 2.75) is 95.8 Å². The summed E-state index contributed by atoms with van der Waals surface area (Å²) in [5.41, 5.74) is -1.20. The molecule has 0 unspecified atom stereocenters. The first-order chi connectivity index (χ1) is 20.8. The van der Waals surface area contributed by atoms with Crippen LogP contribution in [0.3, 0.4) is 0 Å². The van der Waals surface area contributed by atoms with E-state index in [9.17, 15) is 34.2 Å². The van der Waals surface area contributed by atoms with Crippen LogP contribution >= 0.6 is 0 Å². The number of hydrogen-bond acceptors (Lipinski definition) is 10. The highest BCUT2D eigenvalue weighted by atomic mass is 16.5. The second kappa shape index (κ2) is 12.2. The van der Waals surface area contributed by atoms with Crippen LogP contribution in [0.2, 0.25) is 0 Å². The van der Waals surface area contributed by atoms with Crippen molar-refractivity contribution in [2.24, 2.45) is 28.6 Å². The number of carbonyl (C=O) groups is 5. The molecule has 12 nitrogen and oxygen atoms in total. The fourth-order valence-corrected chi connectivity index (χ4v) is 8.92. The number of carbonyl (C=O) groups excluding carboxylic acids is 5. The number of H-pyrrole nitrogens is 1. The summed E-state index contributed by atoms with van der Waals surface area (Å²) in [5, 5.41) is 25.9. The molecule has 4 aliphatic rings. The van der Waals surface area contributed by atoms with E-state index in [1.54, 1.807) is 6.08 Å². The number of aromatic nitrogens is 2. The maximum Gasteiger partial charge on any atom is 0.328 e. The Hall–Kier alpha value is -3.38. The maximum absolute atomic E-state index is 13.5. The number of ketones is 2. The number of aliphatic hydroxyl groups is 2. The van der Waals surface area contributed by atoms with Gasteiger partial charge in [0.1, 0.15) is 11.6 Å². The van der Waals surface area contributed by atoms with E-state index in [1.807, 2.05) is 6.92 Å². The van der Waals surface area contributed by atoms with Gasteiger partial charge in [0.2, 0.25) is 11.7 Å². The van der Waals surface area contributed by atoms with Crippen LogP contribution in [-0.4, -0.2) is 81.1 Å². The number of nitrogens with zero attached hydrogens (tertiary/aromatic N) is 1. The first-order valence-electron chi connectivity index (χ1n) is 15.5. The zero-order valence-corrected chi connectivity index (χ0v) is 25.6. The van der Waals surface area contributed by atoms with Crippen molar-refractivity contribution in [3.05, 3.63) is 29.9 Å². The lowest BCUT2D eigenvalue weighted by Gasteiger charge is -2.60. The first kappa shape index (κ1) is 32.0. The molecular formula is C32H43N3O9. The average molecular weight is 614 g/mol. The number of ether oxygens (including phenoxy) is 2. The van der Waals surface area contributed by atoms with Crippen molar-refractivity contribution in [3.8, 4) is 0 Å². The Labute approximate surface area is 256 Å². The minimum Gasteiger partial charge on any atom is -0.467 e. The average Bonchev–Trinajstić information content (AvgIpc) is 3.60. The van der Waals surface area contributed by atoms with E-state index < -0.39 is 53.4 Å². The summed E-state index contributed by atoms with van der Waals surface area (Å²) >= 11 is 0.